The van der Waals surface area contributed by atoms with E-state index in [1.54, 1.807) is 6.20 Å². The Hall–Kier alpha value is -1.79. The molecule has 1 saturated carbocycles. The average Bonchev–Trinajstić information content (AvgIpc) is 3.08. The first-order valence-corrected chi connectivity index (χ1v) is 8.97. The number of pyridine rings is 1. The topological polar surface area (TPSA) is 55.3 Å². The second-order valence-corrected chi connectivity index (χ2v) is 6.95. The summed E-state index contributed by atoms with van der Waals surface area (Å²) < 4.78 is 5.66. The van der Waals surface area contributed by atoms with Crippen LogP contribution in [0.1, 0.15) is 53.0 Å². The van der Waals surface area contributed by atoms with Crippen LogP contribution in [-0.2, 0) is 11.3 Å². The first-order chi connectivity index (χ1) is 11.3. The summed E-state index contributed by atoms with van der Waals surface area (Å²) in [6.45, 7) is 1.35. The van der Waals surface area contributed by atoms with Crippen molar-refractivity contribution < 1.29 is 9.53 Å². The highest BCUT2D eigenvalue weighted by atomic mass is 32.1. The summed E-state index contributed by atoms with van der Waals surface area (Å²) in [6.07, 6.45) is 6.06. The zero-order valence-electron chi connectivity index (χ0n) is 12.9. The van der Waals surface area contributed by atoms with Crippen LogP contribution in [0.25, 0.3) is 0 Å². The van der Waals surface area contributed by atoms with Crippen LogP contribution in [0.3, 0.4) is 0 Å². The molecule has 1 aliphatic carbocycles. The van der Waals surface area contributed by atoms with Gasteiger partial charge < -0.3 is 9.64 Å². The van der Waals surface area contributed by atoms with Gasteiger partial charge in [-0.1, -0.05) is 6.07 Å². The van der Waals surface area contributed by atoms with Crippen LogP contribution in [0.4, 0.5) is 0 Å². The highest BCUT2D eigenvalue weighted by Gasteiger charge is 2.34. The van der Waals surface area contributed by atoms with Crippen LogP contribution in [0.2, 0.25) is 0 Å². The van der Waals surface area contributed by atoms with E-state index in [4.69, 9.17) is 4.74 Å². The van der Waals surface area contributed by atoms with Crippen LogP contribution >= 0.6 is 11.3 Å². The first kappa shape index (κ1) is 14.8. The van der Waals surface area contributed by atoms with Crippen molar-refractivity contribution in [1.29, 1.82) is 0 Å². The van der Waals surface area contributed by atoms with Gasteiger partial charge in [-0.05, 0) is 37.8 Å². The van der Waals surface area contributed by atoms with E-state index in [1.807, 2.05) is 28.5 Å². The Morgan fingerprint density at radius 1 is 1.35 bits per heavy atom. The van der Waals surface area contributed by atoms with Gasteiger partial charge in [-0.3, -0.25) is 9.78 Å². The van der Waals surface area contributed by atoms with Crippen LogP contribution in [-0.4, -0.2) is 33.4 Å². The van der Waals surface area contributed by atoms with E-state index in [-0.39, 0.29) is 12.0 Å². The number of nitrogens with zero attached hydrogens (tertiary/aromatic N) is 3. The second-order valence-electron chi connectivity index (χ2n) is 6.06. The van der Waals surface area contributed by atoms with Gasteiger partial charge in [0.25, 0.3) is 5.91 Å². The van der Waals surface area contributed by atoms with Gasteiger partial charge in [0, 0.05) is 24.2 Å². The third-order valence-corrected chi connectivity index (χ3v) is 5.19. The van der Waals surface area contributed by atoms with E-state index in [9.17, 15) is 4.79 Å². The summed E-state index contributed by atoms with van der Waals surface area (Å²) in [7, 11) is 0. The Balaban J connectivity index is 1.51. The molecule has 2 fully saturated rings. The van der Waals surface area contributed by atoms with Crippen molar-refractivity contribution in [2.75, 3.05) is 6.61 Å². The third-order valence-electron chi connectivity index (χ3n) is 4.25. The van der Waals surface area contributed by atoms with Crippen LogP contribution in [0.15, 0.2) is 29.8 Å². The largest absolute Gasteiger partial charge is 0.371 e. The average molecular weight is 329 g/mol. The van der Waals surface area contributed by atoms with Crippen LogP contribution in [0, 0.1) is 0 Å². The molecule has 23 heavy (non-hydrogen) atoms. The maximum Gasteiger partial charge on any atom is 0.273 e. The molecule has 0 radical (unpaired) electrons. The molecule has 6 heteroatoms. The summed E-state index contributed by atoms with van der Waals surface area (Å²) in [5.74, 6) is 0.0126. The molecule has 120 valence electrons. The predicted octanol–water partition coefficient (Wildman–Crippen LogP) is 3.19. The Labute approximate surface area is 139 Å². The molecule has 1 unspecified atom stereocenters. The van der Waals surface area contributed by atoms with Gasteiger partial charge in [-0.2, -0.15) is 0 Å². The molecule has 2 aliphatic rings. The number of carbonyl (C=O) groups is 1. The minimum atomic E-state index is 0.0126. The second kappa shape index (κ2) is 6.37. The lowest BCUT2D eigenvalue weighted by Crippen LogP contribution is -2.33. The van der Waals surface area contributed by atoms with Gasteiger partial charge in [-0.15, -0.1) is 11.3 Å². The van der Waals surface area contributed by atoms with Crippen LogP contribution < -0.4 is 0 Å². The fourth-order valence-corrected chi connectivity index (χ4v) is 3.75. The SMILES string of the molecule is O=C(c1csc(C2CCCO2)n1)N(Cc1ccccn1)C1CC1. The number of aromatic nitrogens is 2. The number of hydrogen-bond donors (Lipinski definition) is 0. The lowest BCUT2D eigenvalue weighted by molar-refractivity contribution is 0.0720. The fraction of sp³-hybridized carbons (Fsp3) is 0.471. The lowest BCUT2D eigenvalue weighted by Gasteiger charge is -2.21. The molecule has 0 bridgehead atoms. The Morgan fingerprint density at radius 3 is 2.96 bits per heavy atom. The summed E-state index contributed by atoms with van der Waals surface area (Å²) >= 11 is 1.53. The summed E-state index contributed by atoms with van der Waals surface area (Å²) in [4.78, 5) is 23.7. The van der Waals surface area contributed by atoms with Crippen molar-refractivity contribution in [3.8, 4) is 0 Å². The van der Waals surface area contributed by atoms with Crippen molar-refractivity contribution in [2.24, 2.45) is 0 Å². The van der Waals surface area contributed by atoms with E-state index < -0.39 is 0 Å². The van der Waals surface area contributed by atoms with Crippen molar-refractivity contribution >= 4 is 17.2 Å². The summed E-state index contributed by atoms with van der Waals surface area (Å²) in [6, 6.07) is 6.14. The molecule has 2 aromatic heterocycles. The molecule has 0 N–H and O–H groups in total. The molecule has 1 aliphatic heterocycles. The molecule has 4 rings (SSSR count). The van der Waals surface area contributed by atoms with E-state index >= 15 is 0 Å². The van der Waals surface area contributed by atoms with Gasteiger partial charge >= 0.3 is 0 Å². The molecule has 2 aromatic rings. The smallest absolute Gasteiger partial charge is 0.273 e. The fourth-order valence-electron chi connectivity index (χ4n) is 2.87. The van der Waals surface area contributed by atoms with Gasteiger partial charge in [-0.25, -0.2) is 4.98 Å². The normalized spacial score (nSPS) is 20.6. The molecular weight excluding hydrogens is 310 g/mol. The number of carbonyl (C=O) groups excluding carboxylic acids is 1. The van der Waals surface area contributed by atoms with Crippen molar-refractivity contribution in [3.63, 3.8) is 0 Å². The zero-order chi connectivity index (χ0) is 15.6. The zero-order valence-corrected chi connectivity index (χ0v) is 13.7. The lowest BCUT2D eigenvalue weighted by atomic mass is 10.2. The van der Waals surface area contributed by atoms with Crippen molar-refractivity contribution in [2.45, 2.75) is 44.4 Å². The Bertz CT molecular complexity index is 678. The molecular formula is C17H19N3O2S. The molecule has 3 heterocycles. The van der Waals surface area contributed by atoms with Gasteiger partial charge in [0.15, 0.2) is 0 Å². The maximum absolute atomic E-state index is 12.9. The predicted molar refractivity (Wildman–Crippen MR) is 87.2 cm³/mol. The minimum absolute atomic E-state index is 0.0126. The van der Waals surface area contributed by atoms with Gasteiger partial charge in [0.2, 0.25) is 0 Å². The Morgan fingerprint density at radius 2 is 2.26 bits per heavy atom. The van der Waals surface area contributed by atoms with Crippen LogP contribution in [0.5, 0.6) is 0 Å². The summed E-state index contributed by atoms with van der Waals surface area (Å²) in [5, 5.41) is 2.80. The maximum atomic E-state index is 12.9. The molecule has 0 aromatic carbocycles. The van der Waals surface area contributed by atoms with E-state index in [2.05, 4.69) is 9.97 Å². The molecule has 1 saturated heterocycles. The minimum Gasteiger partial charge on any atom is -0.371 e. The summed E-state index contributed by atoms with van der Waals surface area (Å²) in [5.41, 5.74) is 1.46. The molecule has 5 nitrogen and oxygen atoms in total. The van der Waals surface area contributed by atoms with Crippen molar-refractivity contribution in [1.82, 2.24) is 14.9 Å². The van der Waals surface area contributed by atoms with Gasteiger partial charge in [0.05, 0.1) is 12.2 Å². The number of hydrogen-bond acceptors (Lipinski definition) is 5. The molecule has 1 atom stereocenters. The van der Waals surface area contributed by atoms with E-state index in [1.165, 1.54) is 11.3 Å². The van der Waals surface area contributed by atoms with E-state index in [0.717, 1.165) is 43.0 Å². The highest BCUT2D eigenvalue weighted by Crippen LogP contribution is 2.33. The standard InChI is InChI=1S/C17H19N3O2S/c21-17(14-11-23-16(19-14)15-5-3-9-22-15)20(13-6-7-13)10-12-4-1-2-8-18-12/h1-2,4,8,11,13,15H,3,5-7,9-10H2. The third kappa shape index (κ3) is 3.28. The number of amides is 1. The monoisotopic (exact) mass is 329 g/mol. The van der Waals surface area contributed by atoms with Crippen molar-refractivity contribution in [3.05, 3.63) is 46.2 Å². The molecule has 0 spiro atoms. The Kier molecular flexibility index (Phi) is 4.10. The first-order valence-electron chi connectivity index (χ1n) is 8.09. The van der Waals surface area contributed by atoms with E-state index in [0.29, 0.717) is 18.3 Å². The quantitative estimate of drug-likeness (QED) is 0.845. The number of rotatable bonds is 5. The number of thiazole rings is 1. The van der Waals surface area contributed by atoms with Gasteiger partial charge in [0.1, 0.15) is 16.8 Å². The number of ether oxygens (including phenoxy) is 1. The molecule has 1 amide bonds. The highest BCUT2D eigenvalue weighted by molar-refractivity contribution is 7.09.